The topological polar surface area (TPSA) is 152 Å². The van der Waals surface area contributed by atoms with E-state index in [0.29, 0.717) is 48.6 Å². The quantitative estimate of drug-likeness (QED) is 0.0888. The average molecular weight is 953 g/mol. The minimum atomic E-state index is -5.12. The summed E-state index contributed by atoms with van der Waals surface area (Å²) < 4.78 is 94.4. The number of benzene rings is 4. The molecule has 0 saturated carbocycles. The number of carboxylic acids is 2. The van der Waals surface area contributed by atoms with Gasteiger partial charge in [0.2, 0.25) is 11.8 Å². The molecule has 2 N–H and O–H groups in total. The van der Waals surface area contributed by atoms with Crippen molar-refractivity contribution in [3.05, 3.63) is 106 Å². The van der Waals surface area contributed by atoms with Crippen LogP contribution in [0.15, 0.2) is 82.6 Å². The van der Waals surface area contributed by atoms with Gasteiger partial charge in [-0.2, -0.15) is 36.1 Å². The van der Waals surface area contributed by atoms with Gasteiger partial charge < -0.3 is 29.8 Å². The van der Waals surface area contributed by atoms with Crippen molar-refractivity contribution in [3.8, 4) is 33.8 Å². The van der Waals surface area contributed by atoms with Gasteiger partial charge in [0.1, 0.15) is 12.1 Å². The number of piperidine rings is 2. The van der Waals surface area contributed by atoms with Crippen LogP contribution in [0.25, 0.3) is 34.4 Å². The van der Waals surface area contributed by atoms with Gasteiger partial charge in [0.15, 0.2) is 11.5 Å². The van der Waals surface area contributed by atoms with E-state index < -0.39 is 81.6 Å². The number of carbonyl (C=O) groups is 4. The number of carbonyl (C=O) groups excluding carboxylic acids is 2. The molecule has 4 aromatic rings. The Labute approximate surface area is 383 Å². The first-order chi connectivity index (χ1) is 32.0. The first-order valence-corrected chi connectivity index (χ1v) is 22.3. The van der Waals surface area contributed by atoms with E-state index in [4.69, 9.17) is 19.6 Å². The second-order valence-corrected chi connectivity index (χ2v) is 17.4. The van der Waals surface area contributed by atoms with Crippen molar-refractivity contribution in [2.45, 2.75) is 85.6 Å². The van der Waals surface area contributed by atoms with Crippen LogP contribution >= 0.6 is 11.8 Å². The van der Waals surface area contributed by atoms with Crippen LogP contribution in [0.4, 0.5) is 26.3 Å². The molecule has 4 aliphatic rings. The molecular formula is C48H42F6N2O10S. The van der Waals surface area contributed by atoms with Crippen molar-refractivity contribution in [1.29, 1.82) is 0 Å². The predicted molar refractivity (Wildman–Crippen MR) is 230 cm³/mol. The smallest absolute Gasteiger partial charge is 0.417 e. The molecule has 2 fully saturated rings. The second-order valence-electron chi connectivity index (χ2n) is 16.3. The largest absolute Gasteiger partial charge is 0.480 e. The highest BCUT2D eigenvalue weighted by molar-refractivity contribution is 7.99. The first kappa shape index (κ1) is 47.2. The molecule has 2 saturated heterocycles. The summed E-state index contributed by atoms with van der Waals surface area (Å²) in [5.74, 6) is -3.56. The molecule has 0 spiro atoms. The Hall–Kier alpha value is -6.31. The number of aliphatic carboxylic acids is 2. The molecule has 0 radical (unpaired) electrons. The standard InChI is InChI=1S/C48H42F6N2O10S/c49-47(50,51)43-27(11-17-39(57)55-21-3-1-5-33(55)45(59)60)9-15-37(41(43)31-7-13-35-29(25-31)19-23-63-65-35)67-38-16-10-28(12-18-40(58)56-22-4-2-6-34(56)46(61)62)44(48(52,53)54)42(38)32-8-14-36-30(26-32)20-24-64-66-36/h7-18,25-26,33-34H,1-6,19-24H2,(H,59,60)(H,61,62). The van der Waals surface area contributed by atoms with Crippen LogP contribution in [0.5, 0.6) is 11.5 Å². The van der Waals surface area contributed by atoms with Gasteiger partial charge in [-0.1, -0.05) is 36.0 Å². The molecule has 0 aromatic heterocycles. The number of amides is 2. The SMILES string of the molecule is O=C(O)C1CCCCN1C(=O)C=Cc1ccc(Sc2ccc(C=CC(=O)N3CCCCC3C(=O)O)c(C(F)(F)F)c2-c2ccc3c(c2)CCOO3)c(-c2ccc3c(c2)CCOO3)c1C(F)(F)F. The highest BCUT2D eigenvalue weighted by Crippen LogP contribution is 2.51. The van der Waals surface area contributed by atoms with Crippen LogP contribution < -0.4 is 9.78 Å². The Morgan fingerprint density at radius 2 is 1.01 bits per heavy atom. The number of likely N-dealkylation sites (tertiary alicyclic amines) is 2. The maximum Gasteiger partial charge on any atom is 0.417 e. The lowest BCUT2D eigenvalue weighted by molar-refractivity contribution is -0.215. The molecule has 2 amide bonds. The van der Waals surface area contributed by atoms with Crippen LogP contribution in [-0.2, 0) is 54.1 Å². The number of hydrogen-bond acceptors (Lipinski definition) is 9. The minimum Gasteiger partial charge on any atom is -0.480 e. The summed E-state index contributed by atoms with van der Waals surface area (Å²) in [6, 6.07) is 11.1. The van der Waals surface area contributed by atoms with Crippen molar-refractivity contribution in [3.63, 3.8) is 0 Å². The van der Waals surface area contributed by atoms with Crippen LogP contribution in [0.3, 0.4) is 0 Å². The number of nitrogens with zero attached hydrogens (tertiary/aromatic N) is 2. The van der Waals surface area contributed by atoms with E-state index in [1.54, 1.807) is 0 Å². The predicted octanol–water partition coefficient (Wildman–Crippen LogP) is 9.90. The third-order valence-corrected chi connectivity index (χ3v) is 13.2. The zero-order valence-electron chi connectivity index (χ0n) is 35.5. The van der Waals surface area contributed by atoms with Crippen molar-refractivity contribution >= 4 is 47.7 Å². The number of carboxylic acid groups (broad SMARTS) is 2. The zero-order chi connectivity index (χ0) is 47.6. The highest BCUT2D eigenvalue weighted by Gasteiger charge is 2.41. The molecule has 0 aliphatic carbocycles. The van der Waals surface area contributed by atoms with Gasteiger partial charge in [-0.15, -0.1) is 0 Å². The Morgan fingerprint density at radius 1 is 0.597 bits per heavy atom. The first-order valence-electron chi connectivity index (χ1n) is 21.4. The normalized spacial score (nSPS) is 18.8. The van der Waals surface area contributed by atoms with Crippen LogP contribution in [-0.4, -0.2) is 82.2 Å². The van der Waals surface area contributed by atoms with Gasteiger partial charge in [-0.25, -0.2) is 9.59 Å². The fourth-order valence-electron chi connectivity index (χ4n) is 8.90. The van der Waals surface area contributed by atoms with Crippen molar-refractivity contribution in [2.24, 2.45) is 0 Å². The van der Waals surface area contributed by atoms with Crippen LogP contribution in [0.2, 0.25) is 0 Å². The molecule has 4 aliphatic heterocycles. The molecule has 2 unspecified atom stereocenters. The minimum absolute atomic E-state index is 0.0293. The summed E-state index contributed by atoms with van der Waals surface area (Å²) in [7, 11) is 0. The summed E-state index contributed by atoms with van der Waals surface area (Å²) in [4.78, 5) is 73.3. The molecule has 67 heavy (non-hydrogen) atoms. The van der Waals surface area contributed by atoms with Crippen molar-refractivity contribution < 1.29 is 75.3 Å². The lowest BCUT2D eigenvalue weighted by Gasteiger charge is -2.32. The lowest BCUT2D eigenvalue weighted by Crippen LogP contribution is -2.47. The monoisotopic (exact) mass is 952 g/mol. The number of fused-ring (bicyclic) bond motifs is 2. The molecular weight excluding hydrogens is 911 g/mol. The van der Waals surface area contributed by atoms with Gasteiger partial charge in [0.05, 0.1) is 24.3 Å². The number of halogens is 6. The van der Waals surface area contributed by atoms with Crippen LogP contribution in [0, 0.1) is 0 Å². The fourth-order valence-corrected chi connectivity index (χ4v) is 10.1. The Kier molecular flexibility index (Phi) is 13.7. The maximum absolute atomic E-state index is 15.7. The molecule has 8 rings (SSSR count). The third kappa shape index (κ3) is 10.2. The molecule has 4 heterocycles. The summed E-state index contributed by atoms with van der Waals surface area (Å²) in [6.45, 7) is 0.371. The molecule has 4 aromatic carbocycles. The Balaban J connectivity index is 1.30. The second kappa shape index (κ2) is 19.5. The van der Waals surface area contributed by atoms with E-state index in [9.17, 15) is 29.4 Å². The highest BCUT2D eigenvalue weighted by atomic mass is 32.2. The summed E-state index contributed by atoms with van der Waals surface area (Å²) in [6.07, 6.45) is -3.52. The molecule has 19 heteroatoms. The van der Waals surface area contributed by atoms with Gasteiger partial charge >= 0.3 is 24.3 Å². The number of rotatable bonds is 10. The van der Waals surface area contributed by atoms with Crippen molar-refractivity contribution in [2.75, 3.05) is 26.3 Å². The van der Waals surface area contributed by atoms with Crippen LogP contribution in [0.1, 0.15) is 71.9 Å². The summed E-state index contributed by atoms with van der Waals surface area (Å²) >= 11 is 0.644. The van der Waals surface area contributed by atoms with E-state index >= 15 is 26.3 Å². The zero-order valence-corrected chi connectivity index (χ0v) is 36.3. The lowest BCUT2D eigenvalue weighted by atomic mass is 9.92. The molecule has 12 nitrogen and oxygen atoms in total. The van der Waals surface area contributed by atoms with Gasteiger partial charge in [-0.05, 0) is 109 Å². The molecule has 352 valence electrons. The van der Waals surface area contributed by atoms with Gasteiger partial charge in [0, 0.05) is 70.1 Å². The maximum atomic E-state index is 15.7. The van der Waals surface area contributed by atoms with E-state index in [1.165, 1.54) is 48.5 Å². The summed E-state index contributed by atoms with van der Waals surface area (Å²) in [5, 5.41) is 19.5. The van der Waals surface area contributed by atoms with E-state index in [1.807, 2.05) is 0 Å². The number of alkyl halides is 6. The molecule has 2 atom stereocenters. The Bertz CT molecular complexity index is 2490. The number of hydrogen-bond donors (Lipinski definition) is 2. The van der Waals surface area contributed by atoms with E-state index in [0.717, 1.165) is 46.2 Å². The van der Waals surface area contributed by atoms with E-state index in [2.05, 4.69) is 0 Å². The summed E-state index contributed by atoms with van der Waals surface area (Å²) in [5.41, 5.74) is -3.11. The van der Waals surface area contributed by atoms with Gasteiger partial charge in [0.25, 0.3) is 0 Å². The average Bonchev–Trinajstić information content (AvgIpc) is 3.31. The molecule has 0 bridgehead atoms. The fraction of sp³-hybridized carbons (Fsp3) is 0.333. The third-order valence-electron chi connectivity index (χ3n) is 12.0. The Morgan fingerprint density at radius 3 is 1.40 bits per heavy atom. The van der Waals surface area contributed by atoms with Gasteiger partial charge in [-0.3, -0.25) is 9.59 Å². The van der Waals surface area contributed by atoms with Crippen molar-refractivity contribution in [1.82, 2.24) is 9.80 Å². The van der Waals surface area contributed by atoms with E-state index in [-0.39, 0.29) is 84.4 Å².